The third kappa shape index (κ3) is 6.61. The van der Waals surface area contributed by atoms with Crippen LogP contribution >= 0.6 is 0 Å². The summed E-state index contributed by atoms with van der Waals surface area (Å²) in [5.41, 5.74) is 1.18. The predicted octanol–water partition coefficient (Wildman–Crippen LogP) is 3.46. The van der Waals surface area contributed by atoms with Gasteiger partial charge in [0.15, 0.2) is 0 Å². The molecule has 0 unspecified atom stereocenters. The van der Waals surface area contributed by atoms with Crippen molar-refractivity contribution in [2.75, 3.05) is 6.54 Å². The molecular weight excluding hydrogens is 282 g/mol. The molecule has 1 aromatic carbocycles. The van der Waals surface area contributed by atoms with Gasteiger partial charge in [0, 0.05) is 13.1 Å². The van der Waals surface area contributed by atoms with Gasteiger partial charge in [-0.3, -0.25) is 4.79 Å². The highest BCUT2D eigenvalue weighted by atomic mass is 16.6. The van der Waals surface area contributed by atoms with Crippen molar-refractivity contribution in [1.29, 1.82) is 0 Å². The molecule has 0 aliphatic heterocycles. The Kier molecular flexibility index (Phi) is 6.40. The van der Waals surface area contributed by atoms with Gasteiger partial charge in [-0.2, -0.15) is 0 Å². The number of ether oxygens (including phenoxy) is 1. The summed E-state index contributed by atoms with van der Waals surface area (Å²) in [6, 6.07) is 7.27. The standard InChI is InChI=1S/C17H25NO4/c1-5-10-18(16(21)22-17(2,3)4)12-14-8-6-13(7-9-14)11-15(19)20/h6-9H,5,10-12H2,1-4H3,(H,19,20). The maximum atomic E-state index is 12.2. The SMILES string of the molecule is CCCN(Cc1ccc(CC(=O)O)cc1)C(=O)OC(C)(C)C. The highest BCUT2D eigenvalue weighted by molar-refractivity contribution is 5.70. The first-order valence-corrected chi connectivity index (χ1v) is 7.49. The minimum Gasteiger partial charge on any atom is -0.481 e. The normalized spacial score (nSPS) is 11.1. The van der Waals surface area contributed by atoms with Crippen LogP contribution in [0, 0.1) is 0 Å². The highest BCUT2D eigenvalue weighted by Gasteiger charge is 2.21. The molecule has 0 saturated heterocycles. The van der Waals surface area contributed by atoms with Crippen LogP contribution < -0.4 is 0 Å². The second-order valence-corrected chi connectivity index (χ2v) is 6.29. The molecule has 0 radical (unpaired) electrons. The Labute approximate surface area is 131 Å². The first-order chi connectivity index (χ1) is 10.2. The van der Waals surface area contributed by atoms with E-state index in [1.54, 1.807) is 17.0 Å². The second-order valence-electron chi connectivity index (χ2n) is 6.29. The van der Waals surface area contributed by atoms with Crippen LogP contribution in [0.4, 0.5) is 4.79 Å². The van der Waals surface area contributed by atoms with Crippen LogP contribution in [-0.4, -0.2) is 34.2 Å². The van der Waals surface area contributed by atoms with Gasteiger partial charge in [0.05, 0.1) is 6.42 Å². The molecule has 0 spiro atoms. The molecule has 1 aromatic rings. The van der Waals surface area contributed by atoms with Crippen molar-refractivity contribution in [3.05, 3.63) is 35.4 Å². The molecule has 0 aliphatic carbocycles. The number of aliphatic carboxylic acids is 1. The number of benzene rings is 1. The second kappa shape index (κ2) is 7.82. The number of carboxylic acid groups (broad SMARTS) is 1. The average molecular weight is 307 g/mol. The molecule has 0 atom stereocenters. The maximum absolute atomic E-state index is 12.2. The smallest absolute Gasteiger partial charge is 0.410 e. The summed E-state index contributed by atoms with van der Waals surface area (Å²) >= 11 is 0. The molecule has 1 N–H and O–H groups in total. The fraction of sp³-hybridized carbons (Fsp3) is 0.529. The van der Waals surface area contributed by atoms with Crippen LogP contribution in [0.2, 0.25) is 0 Å². The van der Waals surface area contributed by atoms with Gasteiger partial charge in [0.2, 0.25) is 0 Å². The van der Waals surface area contributed by atoms with Crippen molar-refractivity contribution in [2.24, 2.45) is 0 Å². The van der Waals surface area contributed by atoms with E-state index in [0.29, 0.717) is 13.1 Å². The van der Waals surface area contributed by atoms with Crippen molar-refractivity contribution >= 4 is 12.1 Å². The fourth-order valence-corrected chi connectivity index (χ4v) is 1.99. The Morgan fingerprint density at radius 3 is 2.14 bits per heavy atom. The van der Waals surface area contributed by atoms with Crippen LogP contribution in [0.3, 0.4) is 0 Å². The average Bonchev–Trinajstić information content (AvgIpc) is 2.37. The molecule has 0 heterocycles. The lowest BCUT2D eigenvalue weighted by molar-refractivity contribution is -0.136. The van der Waals surface area contributed by atoms with Crippen LogP contribution in [0.25, 0.3) is 0 Å². The molecule has 1 amide bonds. The molecule has 0 aliphatic rings. The summed E-state index contributed by atoms with van der Waals surface area (Å²) < 4.78 is 5.41. The number of carbonyl (C=O) groups is 2. The number of hydrogen-bond acceptors (Lipinski definition) is 3. The van der Waals surface area contributed by atoms with E-state index in [1.165, 1.54) is 0 Å². The minimum absolute atomic E-state index is 0.00498. The summed E-state index contributed by atoms with van der Waals surface area (Å²) in [4.78, 5) is 24.5. The number of hydrogen-bond donors (Lipinski definition) is 1. The first-order valence-electron chi connectivity index (χ1n) is 7.49. The van der Waals surface area contributed by atoms with E-state index in [9.17, 15) is 9.59 Å². The molecule has 0 saturated carbocycles. The van der Waals surface area contributed by atoms with Gasteiger partial charge >= 0.3 is 12.1 Å². The molecule has 1 rings (SSSR count). The van der Waals surface area contributed by atoms with Gasteiger partial charge in [-0.1, -0.05) is 31.2 Å². The Morgan fingerprint density at radius 2 is 1.68 bits per heavy atom. The topological polar surface area (TPSA) is 66.8 Å². The lowest BCUT2D eigenvalue weighted by Crippen LogP contribution is -2.36. The van der Waals surface area contributed by atoms with E-state index in [0.717, 1.165) is 17.5 Å². The number of nitrogens with zero attached hydrogens (tertiary/aromatic N) is 1. The maximum Gasteiger partial charge on any atom is 0.410 e. The number of amides is 1. The third-order valence-corrected chi connectivity index (χ3v) is 2.90. The Balaban J connectivity index is 2.74. The van der Waals surface area contributed by atoms with E-state index >= 15 is 0 Å². The van der Waals surface area contributed by atoms with E-state index in [4.69, 9.17) is 9.84 Å². The quantitative estimate of drug-likeness (QED) is 0.874. The molecule has 122 valence electrons. The molecule has 0 fully saturated rings. The summed E-state index contributed by atoms with van der Waals surface area (Å²) in [5, 5.41) is 8.76. The monoisotopic (exact) mass is 307 g/mol. The summed E-state index contributed by atoms with van der Waals surface area (Å²) in [5.74, 6) is -0.853. The summed E-state index contributed by atoms with van der Waals surface area (Å²) in [6.45, 7) is 8.61. The molecule has 0 bridgehead atoms. The van der Waals surface area contributed by atoms with Crippen LogP contribution in [0.1, 0.15) is 45.2 Å². The van der Waals surface area contributed by atoms with E-state index in [-0.39, 0.29) is 12.5 Å². The predicted molar refractivity (Wildman–Crippen MR) is 84.7 cm³/mol. The van der Waals surface area contributed by atoms with E-state index < -0.39 is 11.6 Å². The molecule has 0 aromatic heterocycles. The van der Waals surface area contributed by atoms with Crippen molar-refractivity contribution < 1.29 is 19.4 Å². The van der Waals surface area contributed by atoms with Gasteiger partial charge < -0.3 is 14.7 Å². The van der Waals surface area contributed by atoms with Gasteiger partial charge in [0.1, 0.15) is 5.60 Å². The third-order valence-electron chi connectivity index (χ3n) is 2.90. The molecule has 5 nitrogen and oxygen atoms in total. The molecule has 5 heteroatoms. The first kappa shape index (κ1) is 18.0. The lowest BCUT2D eigenvalue weighted by Gasteiger charge is -2.27. The fourth-order valence-electron chi connectivity index (χ4n) is 1.99. The lowest BCUT2D eigenvalue weighted by atomic mass is 10.1. The van der Waals surface area contributed by atoms with Crippen molar-refractivity contribution in [3.63, 3.8) is 0 Å². The summed E-state index contributed by atoms with van der Waals surface area (Å²) in [6.07, 6.45) is 0.519. The zero-order valence-corrected chi connectivity index (χ0v) is 13.8. The van der Waals surface area contributed by atoms with Crippen LogP contribution in [0.15, 0.2) is 24.3 Å². The van der Waals surface area contributed by atoms with Gasteiger partial charge in [0.25, 0.3) is 0 Å². The summed E-state index contributed by atoms with van der Waals surface area (Å²) in [7, 11) is 0. The zero-order valence-electron chi connectivity index (χ0n) is 13.8. The Hall–Kier alpha value is -2.04. The number of rotatable bonds is 6. The van der Waals surface area contributed by atoms with E-state index in [2.05, 4.69) is 0 Å². The Morgan fingerprint density at radius 1 is 1.14 bits per heavy atom. The van der Waals surface area contributed by atoms with Crippen molar-refractivity contribution in [1.82, 2.24) is 4.90 Å². The molecular formula is C17H25NO4. The van der Waals surface area contributed by atoms with Gasteiger partial charge in [-0.15, -0.1) is 0 Å². The van der Waals surface area contributed by atoms with Crippen molar-refractivity contribution in [2.45, 2.75) is 52.7 Å². The van der Waals surface area contributed by atoms with Crippen LogP contribution in [0.5, 0.6) is 0 Å². The van der Waals surface area contributed by atoms with Crippen molar-refractivity contribution in [3.8, 4) is 0 Å². The van der Waals surface area contributed by atoms with Crippen LogP contribution in [-0.2, 0) is 22.5 Å². The molecule has 22 heavy (non-hydrogen) atoms. The van der Waals surface area contributed by atoms with Gasteiger partial charge in [-0.05, 0) is 38.3 Å². The highest BCUT2D eigenvalue weighted by Crippen LogP contribution is 2.14. The number of carbonyl (C=O) groups excluding carboxylic acids is 1. The van der Waals surface area contributed by atoms with Gasteiger partial charge in [-0.25, -0.2) is 4.79 Å². The zero-order chi connectivity index (χ0) is 16.8. The largest absolute Gasteiger partial charge is 0.481 e. The van der Waals surface area contributed by atoms with E-state index in [1.807, 2.05) is 39.8 Å². The minimum atomic E-state index is -0.853. The Bertz CT molecular complexity index is 502. The number of carboxylic acids is 1.